The Morgan fingerprint density at radius 1 is 0.388 bits per heavy atom. The Morgan fingerprint density at radius 3 is 1.00 bits per heavy atom. The summed E-state index contributed by atoms with van der Waals surface area (Å²) in [4.78, 5) is 35.7. The molecule has 0 spiro atoms. The zero-order chi connectivity index (χ0) is 58.4. The lowest BCUT2D eigenvalue weighted by molar-refractivity contribution is -0.870. The van der Waals surface area contributed by atoms with E-state index in [0.717, 1.165) is 57.8 Å². The Hall–Kier alpha value is -1.51. The fourth-order valence-electron chi connectivity index (χ4n) is 10.6. The third-order valence-electron chi connectivity index (χ3n) is 16.0. The topological polar surface area (TPSA) is 108 Å². The summed E-state index contributed by atoms with van der Waals surface area (Å²) in [5.41, 5.74) is 0. The normalized spacial score (nSPS) is 13.2. The highest BCUT2D eigenvalue weighted by Gasteiger charge is 2.27. The summed E-state index contributed by atoms with van der Waals surface area (Å²) < 4.78 is 34.6. The molecule has 9 nitrogen and oxygen atoms in total. The lowest BCUT2D eigenvalue weighted by Crippen LogP contribution is -2.37. The molecule has 0 aromatic rings. The maximum absolute atomic E-state index is 12.8. The first kappa shape index (κ1) is 78.5. The van der Waals surface area contributed by atoms with E-state index in [1.54, 1.807) is 0 Å². The molecule has 0 aliphatic heterocycles. The third kappa shape index (κ3) is 65.6. The molecule has 0 saturated carbocycles. The standard InChI is InChI=1S/C70H136NO8P/c1-6-8-10-12-14-16-18-20-22-24-25-26-27-28-29-30-31-32-33-34-35-36-37-38-39-40-41-42-43-44-45-46-47-49-50-52-54-56-58-60-62-69(72)76-66-68(67-78-80(74,75)77-65-64-71(3,4)5)79-70(73)63-61-59-57-55-53-51-48-23-21-19-17-15-13-11-9-7-2/h17,19,23,48,68H,6-16,18,20-22,24-47,49-67H2,1-5H3/p+1/b19-17-,48-23-. The number of ether oxygens (including phenoxy) is 2. The van der Waals surface area contributed by atoms with E-state index in [2.05, 4.69) is 38.2 Å². The van der Waals surface area contributed by atoms with Crippen LogP contribution in [0, 0.1) is 0 Å². The van der Waals surface area contributed by atoms with Crippen molar-refractivity contribution in [1.29, 1.82) is 0 Å². The van der Waals surface area contributed by atoms with Gasteiger partial charge in [-0.25, -0.2) is 4.57 Å². The molecule has 0 aromatic carbocycles. The van der Waals surface area contributed by atoms with Crippen molar-refractivity contribution in [1.82, 2.24) is 0 Å². The molecular weight excluding hydrogens is 1010 g/mol. The van der Waals surface area contributed by atoms with Crippen LogP contribution in [0.3, 0.4) is 0 Å². The molecule has 2 atom stereocenters. The van der Waals surface area contributed by atoms with Gasteiger partial charge in [-0.05, 0) is 44.9 Å². The number of hydrogen-bond donors (Lipinski definition) is 1. The molecule has 1 N–H and O–H groups in total. The molecule has 0 aromatic heterocycles. The maximum Gasteiger partial charge on any atom is 0.472 e. The highest BCUT2D eigenvalue weighted by molar-refractivity contribution is 7.47. The van der Waals surface area contributed by atoms with Crippen LogP contribution < -0.4 is 0 Å². The van der Waals surface area contributed by atoms with E-state index in [0.29, 0.717) is 23.9 Å². The molecule has 0 saturated heterocycles. The molecule has 0 rings (SSSR count). The van der Waals surface area contributed by atoms with E-state index in [9.17, 15) is 19.0 Å². The molecule has 0 fully saturated rings. The van der Waals surface area contributed by atoms with Crippen LogP contribution in [0.4, 0.5) is 0 Å². The van der Waals surface area contributed by atoms with Crippen LogP contribution in [0.2, 0.25) is 0 Å². The molecular formula is C70H137NO8P+. The Bertz CT molecular complexity index is 1400. The highest BCUT2D eigenvalue weighted by Crippen LogP contribution is 2.43. The number of carbonyl (C=O) groups excluding carboxylic acids is 2. The molecule has 0 heterocycles. The number of nitrogens with zero attached hydrogens (tertiary/aromatic N) is 1. The van der Waals surface area contributed by atoms with Gasteiger partial charge in [-0.1, -0.05) is 327 Å². The first-order valence-corrected chi connectivity index (χ1v) is 36.6. The molecule has 0 radical (unpaired) electrons. The van der Waals surface area contributed by atoms with Crippen molar-refractivity contribution in [2.45, 2.75) is 367 Å². The van der Waals surface area contributed by atoms with E-state index in [1.165, 1.54) is 270 Å². The van der Waals surface area contributed by atoms with E-state index in [-0.39, 0.29) is 25.6 Å². The fraction of sp³-hybridized carbons (Fsp3) is 0.914. The molecule has 10 heteroatoms. The van der Waals surface area contributed by atoms with Gasteiger partial charge in [-0.2, -0.15) is 0 Å². The van der Waals surface area contributed by atoms with E-state index < -0.39 is 26.5 Å². The first-order chi connectivity index (χ1) is 39.0. The predicted molar refractivity (Wildman–Crippen MR) is 344 cm³/mol. The number of phosphoric ester groups is 1. The average molecular weight is 1150 g/mol. The van der Waals surface area contributed by atoms with E-state index in [1.807, 2.05) is 21.1 Å². The largest absolute Gasteiger partial charge is 0.472 e. The Balaban J connectivity index is 3.83. The highest BCUT2D eigenvalue weighted by atomic mass is 31.2. The summed E-state index contributed by atoms with van der Waals surface area (Å²) in [6.07, 6.45) is 77.5. The summed E-state index contributed by atoms with van der Waals surface area (Å²) in [6.45, 7) is 4.46. The molecule has 0 bridgehead atoms. The number of carbonyl (C=O) groups is 2. The van der Waals surface area contributed by atoms with Crippen molar-refractivity contribution in [3.05, 3.63) is 24.3 Å². The Labute approximate surface area is 498 Å². The second-order valence-corrected chi connectivity index (χ2v) is 26.7. The lowest BCUT2D eigenvalue weighted by Gasteiger charge is -2.24. The molecule has 0 amide bonds. The second-order valence-electron chi connectivity index (χ2n) is 25.3. The van der Waals surface area contributed by atoms with Crippen LogP contribution in [0.1, 0.15) is 361 Å². The number of likely N-dealkylation sites (N-methyl/N-ethyl adjacent to an activating group) is 1. The van der Waals surface area contributed by atoms with Gasteiger partial charge < -0.3 is 18.9 Å². The minimum Gasteiger partial charge on any atom is -0.462 e. The van der Waals surface area contributed by atoms with Gasteiger partial charge in [0.1, 0.15) is 19.8 Å². The van der Waals surface area contributed by atoms with Crippen LogP contribution >= 0.6 is 7.82 Å². The fourth-order valence-corrected chi connectivity index (χ4v) is 11.3. The van der Waals surface area contributed by atoms with Gasteiger partial charge in [0.05, 0.1) is 27.7 Å². The smallest absolute Gasteiger partial charge is 0.462 e. The van der Waals surface area contributed by atoms with Gasteiger partial charge >= 0.3 is 19.8 Å². The maximum atomic E-state index is 12.8. The number of quaternary nitrogens is 1. The number of allylic oxidation sites excluding steroid dienone is 4. The molecule has 80 heavy (non-hydrogen) atoms. The van der Waals surface area contributed by atoms with Gasteiger partial charge in [-0.15, -0.1) is 0 Å². The summed E-state index contributed by atoms with van der Waals surface area (Å²) in [5, 5.41) is 0. The van der Waals surface area contributed by atoms with Gasteiger partial charge in [0.15, 0.2) is 6.10 Å². The summed E-state index contributed by atoms with van der Waals surface area (Å²) in [6, 6.07) is 0. The number of unbranched alkanes of at least 4 members (excludes halogenated alkanes) is 48. The van der Waals surface area contributed by atoms with E-state index >= 15 is 0 Å². The summed E-state index contributed by atoms with van der Waals surface area (Å²) >= 11 is 0. The predicted octanol–water partition coefficient (Wildman–Crippen LogP) is 22.5. The van der Waals surface area contributed by atoms with Gasteiger partial charge in [0.2, 0.25) is 0 Å². The monoisotopic (exact) mass is 1150 g/mol. The Kier molecular flexibility index (Phi) is 60.9. The summed E-state index contributed by atoms with van der Waals surface area (Å²) in [7, 11) is 1.48. The van der Waals surface area contributed by atoms with Crippen LogP contribution in [-0.4, -0.2) is 74.9 Å². The number of esters is 2. The quantitative estimate of drug-likeness (QED) is 0.0211. The van der Waals surface area contributed by atoms with Gasteiger partial charge in [0.25, 0.3) is 0 Å². The van der Waals surface area contributed by atoms with Gasteiger partial charge in [-0.3, -0.25) is 18.6 Å². The summed E-state index contributed by atoms with van der Waals surface area (Å²) in [5.74, 6) is -0.796. The number of rotatable bonds is 66. The van der Waals surface area contributed by atoms with E-state index in [4.69, 9.17) is 18.5 Å². The average Bonchev–Trinajstić information content (AvgIpc) is 3.42. The number of phosphoric acid groups is 1. The van der Waals surface area contributed by atoms with Crippen molar-refractivity contribution in [3.8, 4) is 0 Å². The molecule has 2 unspecified atom stereocenters. The van der Waals surface area contributed by atoms with Crippen molar-refractivity contribution >= 4 is 19.8 Å². The SMILES string of the molecule is CCCCCC/C=C\C/C=C\CCCCCCCC(=O)OC(COC(=O)CCCCCCCCCCCCCCCCCCCCCCCCCCCCCCCCCCCCCCCCCC)COP(=O)(O)OCC[N+](C)(C)C. The minimum atomic E-state index is -4.39. The second kappa shape index (κ2) is 62.0. The third-order valence-corrected chi connectivity index (χ3v) is 17.0. The van der Waals surface area contributed by atoms with Crippen molar-refractivity contribution < 1.29 is 42.1 Å². The van der Waals surface area contributed by atoms with Crippen LogP contribution in [0.15, 0.2) is 24.3 Å². The zero-order valence-electron chi connectivity index (χ0n) is 54.1. The van der Waals surface area contributed by atoms with Crippen LogP contribution in [-0.2, 0) is 32.7 Å². The molecule has 0 aliphatic rings. The zero-order valence-corrected chi connectivity index (χ0v) is 55.0. The van der Waals surface area contributed by atoms with Crippen molar-refractivity contribution in [3.63, 3.8) is 0 Å². The minimum absolute atomic E-state index is 0.0312. The molecule has 474 valence electrons. The van der Waals surface area contributed by atoms with Crippen molar-refractivity contribution in [2.24, 2.45) is 0 Å². The number of hydrogen-bond acceptors (Lipinski definition) is 7. The van der Waals surface area contributed by atoms with Crippen LogP contribution in [0.5, 0.6) is 0 Å². The van der Waals surface area contributed by atoms with Crippen molar-refractivity contribution in [2.75, 3.05) is 47.5 Å². The Morgan fingerprint density at radius 2 is 0.675 bits per heavy atom. The molecule has 0 aliphatic carbocycles. The van der Waals surface area contributed by atoms with Crippen LogP contribution in [0.25, 0.3) is 0 Å². The lowest BCUT2D eigenvalue weighted by atomic mass is 10.0. The van der Waals surface area contributed by atoms with Gasteiger partial charge in [0, 0.05) is 12.8 Å². The first-order valence-electron chi connectivity index (χ1n) is 35.1.